The first-order valence-electron chi connectivity index (χ1n) is 7.30. The first kappa shape index (κ1) is 14.6. The second kappa shape index (κ2) is 6.18. The van der Waals surface area contributed by atoms with E-state index in [2.05, 4.69) is 16.2 Å². The Balaban J connectivity index is 1.73. The van der Waals surface area contributed by atoms with E-state index in [9.17, 15) is 5.11 Å². The highest BCUT2D eigenvalue weighted by Crippen LogP contribution is 2.34. The van der Waals surface area contributed by atoms with Crippen LogP contribution in [0.25, 0.3) is 0 Å². The monoisotopic (exact) mass is 305 g/mol. The molecule has 0 spiro atoms. The molecule has 1 fully saturated rings. The van der Waals surface area contributed by atoms with Gasteiger partial charge in [0, 0.05) is 42.0 Å². The molecule has 0 amide bonds. The van der Waals surface area contributed by atoms with Crippen molar-refractivity contribution in [2.75, 3.05) is 13.1 Å². The van der Waals surface area contributed by atoms with Crippen LogP contribution in [0.4, 0.5) is 0 Å². The van der Waals surface area contributed by atoms with Gasteiger partial charge in [-0.15, -0.1) is 0 Å². The third-order valence-electron chi connectivity index (χ3n) is 4.14. The molecule has 1 N–H and O–H groups in total. The molecule has 1 aliphatic heterocycles. The number of hydrogen-bond donors (Lipinski definition) is 1. The summed E-state index contributed by atoms with van der Waals surface area (Å²) in [6.45, 7) is 1.60. The molecule has 4 nitrogen and oxygen atoms in total. The van der Waals surface area contributed by atoms with E-state index in [1.807, 2.05) is 42.2 Å². The summed E-state index contributed by atoms with van der Waals surface area (Å²) in [5, 5.41) is 15.4. The highest BCUT2D eigenvalue weighted by atomic mass is 35.5. The highest BCUT2D eigenvalue weighted by Gasteiger charge is 2.29. The smallest absolute Gasteiger partial charge is 0.0931 e. The summed E-state index contributed by atoms with van der Waals surface area (Å²) in [7, 11) is 1.93. The van der Waals surface area contributed by atoms with E-state index < -0.39 is 6.10 Å². The Hall–Kier alpha value is -1.36. The standard InChI is InChI=1S/C16H20ClN3O/c1-19-10-12(9-18-19)15-7-4-8-20(15)11-16(21)13-5-2-3-6-14(13)17/h2-3,5-6,9-10,15-16,21H,4,7-8,11H2,1H3/t15-,16-/m0/s1. The van der Waals surface area contributed by atoms with Crippen LogP contribution in [-0.2, 0) is 7.05 Å². The summed E-state index contributed by atoms with van der Waals surface area (Å²) in [5.74, 6) is 0. The summed E-state index contributed by atoms with van der Waals surface area (Å²) in [4.78, 5) is 2.32. The zero-order chi connectivity index (χ0) is 14.8. The molecule has 2 atom stereocenters. The van der Waals surface area contributed by atoms with Gasteiger partial charge in [-0.25, -0.2) is 0 Å². The number of aliphatic hydroxyl groups is 1. The predicted molar refractivity (Wildman–Crippen MR) is 83.2 cm³/mol. The first-order chi connectivity index (χ1) is 10.1. The summed E-state index contributed by atoms with van der Waals surface area (Å²) >= 11 is 6.17. The van der Waals surface area contributed by atoms with Gasteiger partial charge in [0.15, 0.2) is 0 Å². The molecule has 0 bridgehead atoms. The van der Waals surface area contributed by atoms with Gasteiger partial charge in [0.25, 0.3) is 0 Å². The number of nitrogens with zero attached hydrogens (tertiary/aromatic N) is 3. The Labute approximate surface area is 130 Å². The minimum atomic E-state index is -0.559. The number of halogens is 1. The van der Waals surface area contributed by atoms with Crippen LogP contribution in [0.5, 0.6) is 0 Å². The van der Waals surface area contributed by atoms with Gasteiger partial charge in [-0.1, -0.05) is 29.8 Å². The molecule has 0 saturated carbocycles. The van der Waals surface area contributed by atoms with Crippen molar-refractivity contribution < 1.29 is 5.11 Å². The third kappa shape index (κ3) is 3.12. The number of likely N-dealkylation sites (tertiary alicyclic amines) is 1. The Bertz CT molecular complexity index is 613. The lowest BCUT2D eigenvalue weighted by atomic mass is 10.1. The topological polar surface area (TPSA) is 41.3 Å². The fourth-order valence-corrected chi connectivity index (χ4v) is 3.36. The number of β-amino-alcohol motifs (C(OH)–C–C–N with tert-alkyl or cyclic N) is 1. The van der Waals surface area contributed by atoms with Crippen LogP contribution >= 0.6 is 11.6 Å². The van der Waals surface area contributed by atoms with E-state index in [0.29, 0.717) is 17.6 Å². The van der Waals surface area contributed by atoms with Crippen molar-refractivity contribution in [2.24, 2.45) is 7.05 Å². The zero-order valence-corrected chi connectivity index (χ0v) is 12.9. The molecule has 1 saturated heterocycles. The van der Waals surface area contributed by atoms with Gasteiger partial charge in [0.1, 0.15) is 0 Å². The van der Waals surface area contributed by atoms with Crippen molar-refractivity contribution in [3.63, 3.8) is 0 Å². The lowest BCUT2D eigenvalue weighted by Gasteiger charge is -2.26. The maximum atomic E-state index is 10.5. The number of aliphatic hydroxyl groups excluding tert-OH is 1. The molecule has 1 aromatic heterocycles. The van der Waals surface area contributed by atoms with E-state index in [1.165, 1.54) is 5.56 Å². The van der Waals surface area contributed by atoms with Crippen LogP contribution in [-0.4, -0.2) is 32.9 Å². The second-order valence-electron chi connectivity index (χ2n) is 5.64. The van der Waals surface area contributed by atoms with Gasteiger partial charge >= 0.3 is 0 Å². The van der Waals surface area contributed by atoms with Crippen molar-refractivity contribution in [1.29, 1.82) is 0 Å². The Morgan fingerprint density at radius 2 is 2.24 bits per heavy atom. The molecule has 0 unspecified atom stereocenters. The van der Waals surface area contributed by atoms with Crippen molar-refractivity contribution >= 4 is 11.6 Å². The van der Waals surface area contributed by atoms with Crippen LogP contribution in [0.3, 0.4) is 0 Å². The van der Waals surface area contributed by atoms with E-state index in [1.54, 1.807) is 0 Å². The highest BCUT2D eigenvalue weighted by molar-refractivity contribution is 6.31. The van der Waals surface area contributed by atoms with Crippen LogP contribution in [0, 0.1) is 0 Å². The molecule has 0 radical (unpaired) electrons. The fraction of sp³-hybridized carbons (Fsp3) is 0.438. The van der Waals surface area contributed by atoms with Gasteiger partial charge in [-0.05, 0) is 25.5 Å². The van der Waals surface area contributed by atoms with Crippen molar-refractivity contribution in [1.82, 2.24) is 14.7 Å². The van der Waals surface area contributed by atoms with Crippen LogP contribution in [0.2, 0.25) is 5.02 Å². The lowest BCUT2D eigenvalue weighted by Crippen LogP contribution is -2.28. The quantitative estimate of drug-likeness (QED) is 0.944. The number of rotatable bonds is 4. The van der Waals surface area contributed by atoms with Crippen molar-refractivity contribution in [3.8, 4) is 0 Å². The summed E-state index contributed by atoms with van der Waals surface area (Å²) < 4.78 is 1.83. The normalized spacial score (nSPS) is 20.8. The largest absolute Gasteiger partial charge is 0.387 e. The average molecular weight is 306 g/mol. The lowest BCUT2D eigenvalue weighted by molar-refractivity contribution is 0.106. The van der Waals surface area contributed by atoms with E-state index in [4.69, 9.17) is 11.6 Å². The average Bonchev–Trinajstić information content (AvgIpc) is 3.08. The Kier molecular flexibility index (Phi) is 4.29. The number of benzene rings is 1. The summed E-state index contributed by atoms with van der Waals surface area (Å²) in [6.07, 6.45) is 5.68. The van der Waals surface area contributed by atoms with Crippen molar-refractivity contribution in [3.05, 3.63) is 52.8 Å². The van der Waals surface area contributed by atoms with Gasteiger partial charge in [0.05, 0.1) is 12.3 Å². The summed E-state index contributed by atoms with van der Waals surface area (Å²) in [6, 6.07) is 7.85. The Morgan fingerprint density at radius 1 is 1.43 bits per heavy atom. The van der Waals surface area contributed by atoms with Gasteiger partial charge < -0.3 is 5.11 Å². The predicted octanol–water partition coefficient (Wildman–Crippen LogP) is 2.94. The molecule has 5 heteroatoms. The molecular formula is C16H20ClN3O. The molecule has 2 aromatic rings. The first-order valence-corrected chi connectivity index (χ1v) is 7.68. The third-order valence-corrected chi connectivity index (χ3v) is 4.49. The molecule has 1 aliphatic rings. The van der Waals surface area contributed by atoms with E-state index in [-0.39, 0.29) is 0 Å². The minimum absolute atomic E-state index is 0.343. The second-order valence-corrected chi connectivity index (χ2v) is 6.04. The Morgan fingerprint density at radius 3 is 2.95 bits per heavy atom. The van der Waals surface area contributed by atoms with Gasteiger partial charge in [-0.2, -0.15) is 5.10 Å². The van der Waals surface area contributed by atoms with Gasteiger partial charge in [-0.3, -0.25) is 9.58 Å². The molecule has 3 rings (SSSR count). The molecule has 1 aromatic carbocycles. The van der Waals surface area contributed by atoms with Crippen LogP contribution in [0.1, 0.15) is 36.1 Å². The molecule has 0 aliphatic carbocycles. The van der Waals surface area contributed by atoms with E-state index in [0.717, 1.165) is 24.9 Å². The van der Waals surface area contributed by atoms with E-state index >= 15 is 0 Å². The maximum Gasteiger partial charge on any atom is 0.0931 e. The minimum Gasteiger partial charge on any atom is -0.387 e. The summed E-state index contributed by atoms with van der Waals surface area (Å²) in [5.41, 5.74) is 2.03. The fourth-order valence-electron chi connectivity index (χ4n) is 3.10. The molecule has 112 valence electrons. The maximum absolute atomic E-state index is 10.5. The number of aromatic nitrogens is 2. The van der Waals surface area contributed by atoms with Crippen molar-refractivity contribution in [2.45, 2.75) is 25.0 Å². The van der Waals surface area contributed by atoms with Gasteiger partial charge in [0.2, 0.25) is 0 Å². The van der Waals surface area contributed by atoms with Crippen LogP contribution < -0.4 is 0 Å². The van der Waals surface area contributed by atoms with Crippen LogP contribution in [0.15, 0.2) is 36.7 Å². The molecule has 21 heavy (non-hydrogen) atoms. The molecule has 2 heterocycles. The SMILES string of the molecule is Cn1cc([C@@H]2CCCN2C[C@H](O)c2ccccc2Cl)cn1. The zero-order valence-electron chi connectivity index (χ0n) is 12.1. The molecular weight excluding hydrogens is 286 g/mol. The number of hydrogen-bond acceptors (Lipinski definition) is 3. The number of aryl methyl sites for hydroxylation is 1.